The third-order valence-electron chi connectivity index (χ3n) is 5.52. The van der Waals surface area contributed by atoms with Gasteiger partial charge in [0.05, 0.1) is 23.4 Å². The Balaban J connectivity index is 2.62. The summed E-state index contributed by atoms with van der Waals surface area (Å²) in [5.41, 5.74) is 6.25. The molecule has 2 N–H and O–H groups in total. The van der Waals surface area contributed by atoms with Crippen molar-refractivity contribution in [2.75, 3.05) is 0 Å². The van der Waals surface area contributed by atoms with E-state index < -0.39 is 5.41 Å². The monoisotopic (exact) mass is 294 g/mol. The lowest BCUT2D eigenvalue weighted by Crippen LogP contribution is -2.44. The van der Waals surface area contributed by atoms with Gasteiger partial charge in [0.2, 0.25) is 0 Å². The Morgan fingerprint density at radius 3 is 2.27 bits per heavy atom. The standard InChI is InChI=1S/C18H22N4/c1-11-14-7-12(17(2,3)4)5-6-13(14)15(8-19)16(22)18(11,9-20)10-21/h6,11-12,14H,5,7,22H2,1-4H3/t11-,12-,14+/m1/s1. The average Bonchev–Trinajstić information content (AvgIpc) is 2.48. The molecule has 0 radical (unpaired) electrons. The van der Waals surface area contributed by atoms with E-state index in [9.17, 15) is 15.8 Å². The molecule has 0 amide bonds. The molecule has 2 rings (SSSR count). The maximum atomic E-state index is 9.60. The fourth-order valence-electron chi connectivity index (χ4n) is 3.79. The van der Waals surface area contributed by atoms with Crippen molar-refractivity contribution >= 4 is 0 Å². The molecule has 22 heavy (non-hydrogen) atoms. The molecule has 0 saturated heterocycles. The molecule has 0 aliphatic heterocycles. The van der Waals surface area contributed by atoms with E-state index in [4.69, 9.17) is 5.73 Å². The summed E-state index contributed by atoms with van der Waals surface area (Å²) in [7, 11) is 0. The predicted octanol–water partition coefficient (Wildman–Crippen LogP) is 3.40. The van der Waals surface area contributed by atoms with Gasteiger partial charge in [-0.1, -0.05) is 33.8 Å². The highest BCUT2D eigenvalue weighted by atomic mass is 14.7. The highest BCUT2D eigenvalue weighted by Crippen LogP contribution is 2.53. The zero-order valence-electron chi connectivity index (χ0n) is 13.6. The number of nitriles is 3. The Kier molecular flexibility index (Phi) is 3.80. The summed E-state index contributed by atoms with van der Waals surface area (Å²) in [6.07, 6.45) is 3.90. The highest BCUT2D eigenvalue weighted by Gasteiger charge is 2.52. The first-order chi connectivity index (χ1) is 10.2. The van der Waals surface area contributed by atoms with E-state index in [1.807, 2.05) is 6.92 Å². The minimum absolute atomic E-state index is 0.0409. The third-order valence-corrected chi connectivity index (χ3v) is 5.52. The lowest BCUT2D eigenvalue weighted by molar-refractivity contribution is 0.151. The quantitative estimate of drug-likeness (QED) is 0.740. The first kappa shape index (κ1) is 16.1. The van der Waals surface area contributed by atoms with Crippen LogP contribution in [0.15, 0.2) is 22.9 Å². The molecule has 0 saturated carbocycles. The van der Waals surface area contributed by atoms with Crippen LogP contribution in [0.2, 0.25) is 0 Å². The molecular weight excluding hydrogens is 272 g/mol. The van der Waals surface area contributed by atoms with Gasteiger partial charge < -0.3 is 5.73 Å². The van der Waals surface area contributed by atoms with Gasteiger partial charge in [-0.05, 0) is 35.7 Å². The van der Waals surface area contributed by atoms with Crippen molar-refractivity contribution in [3.05, 3.63) is 22.9 Å². The maximum Gasteiger partial charge on any atom is 0.187 e. The molecule has 0 fully saturated rings. The Bertz CT molecular complexity index is 656. The van der Waals surface area contributed by atoms with Gasteiger partial charge in [-0.3, -0.25) is 0 Å². The summed E-state index contributed by atoms with van der Waals surface area (Å²) in [5, 5.41) is 28.7. The summed E-state index contributed by atoms with van der Waals surface area (Å²) in [6, 6.07) is 6.32. The Morgan fingerprint density at radius 2 is 1.82 bits per heavy atom. The summed E-state index contributed by atoms with van der Waals surface area (Å²) < 4.78 is 0. The van der Waals surface area contributed by atoms with Gasteiger partial charge in [-0.25, -0.2) is 0 Å². The van der Waals surface area contributed by atoms with Crippen LogP contribution in [-0.4, -0.2) is 0 Å². The minimum Gasteiger partial charge on any atom is -0.399 e. The second kappa shape index (κ2) is 5.19. The molecule has 4 heteroatoms. The van der Waals surface area contributed by atoms with Crippen LogP contribution in [0, 0.1) is 62.6 Å². The summed E-state index contributed by atoms with van der Waals surface area (Å²) in [6.45, 7) is 8.54. The van der Waals surface area contributed by atoms with Crippen molar-refractivity contribution in [1.29, 1.82) is 15.8 Å². The van der Waals surface area contributed by atoms with Crippen LogP contribution in [-0.2, 0) is 0 Å². The van der Waals surface area contributed by atoms with Gasteiger partial charge in [-0.15, -0.1) is 0 Å². The second-order valence-corrected chi connectivity index (χ2v) is 7.52. The van der Waals surface area contributed by atoms with Crippen LogP contribution in [0.5, 0.6) is 0 Å². The van der Waals surface area contributed by atoms with Gasteiger partial charge in [0.15, 0.2) is 5.41 Å². The maximum absolute atomic E-state index is 9.60. The molecule has 0 aromatic rings. The molecule has 0 heterocycles. The van der Waals surface area contributed by atoms with Crippen molar-refractivity contribution in [3.63, 3.8) is 0 Å². The van der Waals surface area contributed by atoms with Crippen molar-refractivity contribution in [2.45, 2.75) is 40.5 Å². The molecule has 0 aromatic heterocycles. The van der Waals surface area contributed by atoms with E-state index in [2.05, 4.69) is 45.1 Å². The van der Waals surface area contributed by atoms with Crippen LogP contribution in [0.3, 0.4) is 0 Å². The molecule has 4 nitrogen and oxygen atoms in total. The number of hydrogen-bond acceptors (Lipinski definition) is 4. The number of rotatable bonds is 0. The first-order valence-electron chi connectivity index (χ1n) is 7.66. The fraction of sp³-hybridized carbons (Fsp3) is 0.611. The average molecular weight is 294 g/mol. The number of fused-ring (bicyclic) bond motifs is 1. The summed E-state index contributed by atoms with van der Waals surface area (Å²) >= 11 is 0. The number of nitrogens with two attached hydrogens (primary N) is 1. The first-order valence-corrected chi connectivity index (χ1v) is 7.66. The largest absolute Gasteiger partial charge is 0.399 e. The lowest BCUT2D eigenvalue weighted by atomic mass is 9.56. The molecule has 3 atom stereocenters. The van der Waals surface area contributed by atoms with Crippen LogP contribution >= 0.6 is 0 Å². The van der Waals surface area contributed by atoms with Gasteiger partial charge in [-0.2, -0.15) is 15.8 Å². The zero-order chi connectivity index (χ0) is 16.7. The summed E-state index contributed by atoms with van der Waals surface area (Å²) in [5.74, 6) is 0.299. The van der Waals surface area contributed by atoms with Crippen LogP contribution in [0.4, 0.5) is 0 Å². The van der Waals surface area contributed by atoms with E-state index in [1.165, 1.54) is 0 Å². The van der Waals surface area contributed by atoms with E-state index in [1.54, 1.807) is 0 Å². The SMILES string of the molecule is C[C@@H]1[C@@H]2C[C@H](C(C)(C)C)CC=C2C(C#N)=C(N)C1(C#N)C#N. The predicted molar refractivity (Wildman–Crippen MR) is 83.4 cm³/mol. The fourth-order valence-corrected chi connectivity index (χ4v) is 3.79. The van der Waals surface area contributed by atoms with Crippen LogP contribution in [0.1, 0.15) is 40.5 Å². The highest BCUT2D eigenvalue weighted by molar-refractivity contribution is 5.56. The molecule has 2 aliphatic rings. The molecule has 0 unspecified atom stereocenters. The van der Waals surface area contributed by atoms with Crippen molar-refractivity contribution in [3.8, 4) is 18.2 Å². The van der Waals surface area contributed by atoms with E-state index >= 15 is 0 Å². The second-order valence-electron chi connectivity index (χ2n) is 7.52. The van der Waals surface area contributed by atoms with Gasteiger partial charge in [0.25, 0.3) is 0 Å². The van der Waals surface area contributed by atoms with Crippen molar-refractivity contribution in [1.82, 2.24) is 0 Å². The van der Waals surface area contributed by atoms with Crippen molar-refractivity contribution in [2.24, 2.45) is 34.3 Å². The topological polar surface area (TPSA) is 97.4 Å². The Hall–Kier alpha value is -2.25. The van der Waals surface area contributed by atoms with Crippen LogP contribution in [0.25, 0.3) is 0 Å². The van der Waals surface area contributed by atoms with Crippen LogP contribution < -0.4 is 5.73 Å². The lowest BCUT2D eigenvalue weighted by Gasteiger charge is -2.45. The van der Waals surface area contributed by atoms with E-state index in [0.29, 0.717) is 11.5 Å². The summed E-state index contributed by atoms with van der Waals surface area (Å²) in [4.78, 5) is 0. The van der Waals surface area contributed by atoms with E-state index in [-0.39, 0.29) is 22.9 Å². The molecule has 0 bridgehead atoms. The molecule has 0 spiro atoms. The van der Waals surface area contributed by atoms with E-state index in [0.717, 1.165) is 18.4 Å². The number of hydrogen-bond donors (Lipinski definition) is 1. The smallest absolute Gasteiger partial charge is 0.187 e. The Labute approximate surface area is 132 Å². The molecule has 2 aliphatic carbocycles. The van der Waals surface area contributed by atoms with Crippen molar-refractivity contribution < 1.29 is 0 Å². The number of nitrogens with zero attached hydrogens (tertiary/aromatic N) is 3. The number of allylic oxidation sites excluding steroid dienone is 4. The molecule has 0 aromatic carbocycles. The zero-order valence-corrected chi connectivity index (χ0v) is 13.6. The van der Waals surface area contributed by atoms with Gasteiger partial charge >= 0.3 is 0 Å². The Morgan fingerprint density at radius 1 is 1.23 bits per heavy atom. The normalized spacial score (nSPS) is 30.4. The van der Waals surface area contributed by atoms with Gasteiger partial charge in [0, 0.05) is 5.92 Å². The minimum atomic E-state index is -1.40. The van der Waals surface area contributed by atoms with Gasteiger partial charge in [0.1, 0.15) is 6.07 Å². The third kappa shape index (κ3) is 2.10. The molecular formula is C18H22N4. The molecule has 114 valence electrons.